The van der Waals surface area contributed by atoms with E-state index < -0.39 is 55.8 Å². The first kappa shape index (κ1) is 26.0. The third kappa shape index (κ3) is 4.32. The second-order valence-corrected chi connectivity index (χ2v) is 10.3. The molecule has 0 saturated carbocycles. The number of aliphatic hydroxyl groups is 1. The number of carbonyl (C=O) groups is 1. The van der Waals surface area contributed by atoms with E-state index in [1.165, 1.54) is 31.2 Å². The molecule has 2 aromatic heterocycles. The number of aryl methyl sites for hydroxylation is 1. The van der Waals surface area contributed by atoms with Gasteiger partial charge in [0.2, 0.25) is 0 Å². The molecule has 0 spiro atoms. The van der Waals surface area contributed by atoms with E-state index in [0.29, 0.717) is 10.0 Å². The molecule has 0 amide bonds. The van der Waals surface area contributed by atoms with Crippen LogP contribution in [0.15, 0.2) is 59.5 Å². The summed E-state index contributed by atoms with van der Waals surface area (Å²) in [5, 5.41) is 20.1. The van der Waals surface area contributed by atoms with Crippen molar-refractivity contribution in [1.29, 1.82) is 0 Å². The van der Waals surface area contributed by atoms with Gasteiger partial charge in [-0.1, -0.05) is 41.4 Å². The van der Waals surface area contributed by atoms with Gasteiger partial charge in [0, 0.05) is 21.7 Å². The van der Waals surface area contributed by atoms with Crippen molar-refractivity contribution < 1.29 is 36.6 Å². The van der Waals surface area contributed by atoms with Crippen molar-refractivity contribution in [3.05, 3.63) is 92.9 Å². The fraction of sp³-hybridized carbons (Fsp3) is 0.130. The number of halogens is 5. The number of pyridine rings is 1. The van der Waals surface area contributed by atoms with E-state index in [9.17, 15) is 36.6 Å². The first-order valence-electron chi connectivity index (χ1n) is 10.0. The molecule has 13 heteroatoms. The Bertz CT molecular complexity index is 1620. The molecule has 0 fully saturated rings. The standard InChI is InChI=1S/C23H15Cl2F3N2O5S/c1-11-14-9-17(21(31)19-15(24)8-7-13(20(19)25)22(32)33)30(16(14)10-18(29-11)23(26,27)28)36(34,35)12-5-3-2-4-6-12/h2-10,21,31H,1H3,(H,32,33). The lowest BCUT2D eigenvalue weighted by molar-refractivity contribution is -0.141. The van der Waals surface area contributed by atoms with Crippen LogP contribution in [0.4, 0.5) is 13.2 Å². The van der Waals surface area contributed by atoms with Crippen molar-refractivity contribution in [3.8, 4) is 0 Å². The van der Waals surface area contributed by atoms with Crippen LogP contribution in [-0.4, -0.2) is 33.6 Å². The zero-order valence-electron chi connectivity index (χ0n) is 18.1. The molecule has 7 nitrogen and oxygen atoms in total. The highest BCUT2D eigenvalue weighted by atomic mass is 35.5. The Morgan fingerprint density at radius 3 is 2.31 bits per heavy atom. The molecule has 4 rings (SSSR count). The van der Waals surface area contributed by atoms with Gasteiger partial charge in [0.25, 0.3) is 10.0 Å². The third-order valence-electron chi connectivity index (χ3n) is 5.46. The Labute approximate surface area is 212 Å². The summed E-state index contributed by atoms with van der Waals surface area (Å²) in [4.78, 5) is 14.8. The summed E-state index contributed by atoms with van der Waals surface area (Å²) in [6, 6.07) is 10.8. The zero-order chi connectivity index (χ0) is 26.6. The van der Waals surface area contributed by atoms with E-state index in [0.717, 1.165) is 18.2 Å². The van der Waals surface area contributed by atoms with Gasteiger partial charge in [-0.3, -0.25) is 0 Å². The lowest BCUT2D eigenvalue weighted by Gasteiger charge is -2.19. The van der Waals surface area contributed by atoms with Gasteiger partial charge in [0.15, 0.2) is 0 Å². The Kier molecular flexibility index (Phi) is 6.54. The van der Waals surface area contributed by atoms with Crippen LogP contribution in [0, 0.1) is 6.92 Å². The number of fused-ring (bicyclic) bond motifs is 1. The number of aliphatic hydroxyl groups excluding tert-OH is 1. The molecule has 4 aromatic rings. The Balaban J connectivity index is 2.11. The van der Waals surface area contributed by atoms with E-state index >= 15 is 0 Å². The van der Waals surface area contributed by atoms with Crippen LogP contribution in [-0.2, 0) is 16.2 Å². The van der Waals surface area contributed by atoms with Crippen LogP contribution < -0.4 is 0 Å². The van der Waals surface area contributed by atoms with Crippen LogP contribution >= 0.6 is 23.2 Å². The molecular formula is C23H15Cl2F3N2O5S. The van der Waals surface area contributed by atoms with Gasteiger partial charge in [0.1, 0.15) is 11.8 Å². The van der Waals surface area contributed by atoms with E-state index in [2.05, 4.69) is 4.98 Å². The summed E-state index contributed by atoms with van der Waals surface area (Å²) < 4.78 is 68.5. The number of alkyl halides is 3. The van der Waals surface area contributed by atoms with E-state index in [1.54, 1.807) is 6.07 Å². The summed E-state index contributed by atoms with van der Waals surface area (Å²) in [5.74, 6) is -1.43. The van der Waals surface area contributed by atoms with Gasteiger partial charge >= 0.3 is 12.1 Å². The SMILES string of the molecule is Cc1nc(C(F)(F)F)cc2c1cc(C(O)c1c(Cl)ccc(C(=O)O)c1Cl)n2S(=O)(=O)c1ccccc1. The normalized spacial score (nSPS) is 13.2. The van der Waals surface area contributed by atoms with Crippen molar-refractivity contribution in [3.63, 3.8) is 0 Å². The van der Waals surface area contributed by atoms with Gasteiger partial charge in [-0.15, -0.1) is 0 Å². The third-order valence-corrected chi connectivity index (χ3v) is 7.95. The fourth-order valence-electron chi connectivity index (χ4n) is 3.79. The summed E-state index contributed by atoms with van der Waals surface area (Å²) in [6.07, 6.45) is -6.82. The minimum absolute atomic E-state index is 0.0122. The Morgan fingerprint density at radius 1 is 1.08 bits per heavy atom. The number of nitrogens with zero attached hydrogens (tertiary/aromatic N) is 2. The number of aromatic nitrogens is 2. The van der Waals surface area contributed by atoms with Crippen LogP contribution in [0.25, 0.3) is 10.9 Å². The van der Waals surface area contributed by atoms with Crippen molar-refractivity contribution >= 4 is 50.1 Å². The first-order chi connectivity index (χ1) is 16.7. The lowest BCUT2D eigenvalue weighted by Crippen LogP contribution is -2.19. The second-order valence-electron chi connectivity index (χ2n) is 7.71. The van der Waals surface area contributed by atoms with Crippen LogP contribution in [0.2, 0.25) is 10.0 Å². The molecule has 0 aliphatic carbocycles. The predicted molar refractivity (Wildman–Crippen MR) is 126 cm³/mol. The summed E-state index contributed by atoms with van der Waals surface area (Å²) >= 11 is 12.4. The highest BCUT2D eigenvalue weighted by Crippen LogP contribution is 2.41. The quantitative estimate of drug-likeness (QED) is 0.325. The average Bonchev–Trinajstić information content (AvgIpc) is 3.20. The summed E-state index contributed by atoms with van der Waals surface area (Å²) in [7, 11) is -4.58. The molecule has 0 aliphatic heterocycles. The number of carboxylic acids is 1. The maximum Gasteiger partial charge on any atom is 0.433 e. The van der Waals surface area contributed by atoms with Gasteiger partial charge in [-0.25, -0.2) is 22.2 Å². The van der Waals surface area contributed by atoms with Crippen LogP contribution in [0.5, 0.6) is 0 Å². The smallest absolute Gasteiger partial charge is 0.433 e. The number of hydrogen-bond donors (Lipinski definition) is 2. The van der Waals surface area contributed by atoms with E-state index in [4.69, 9.17) is 23.2 Å². The van der Waals surface area contributed by atoms with Gasteiger partial charge in [0.05, 0.1) is 26.7 Å². The van der Waals surface area contributed by atoms with Gasteiger partial charge < -0.3 is 10.2 Å². The molecule has 0 radical (unpaired) electrons. The number of benzene rings is 2. The minimum Gasteiger partial charge on any atom is -0.478 e. The highest BCUT2D eigenvalue weighted by molar-refractivity contribution is 7.90. The minimum atomic E-state index is -4.88. The topological polar surface area (TPSA) is 109 Å². The van der Waals surface area contributed by atoms with Crippen molar-refractivity contribution in [2.75, 3.05) is 0 Å². The molecule has 1 unspecified atom stereocenters. The largest absolute Gasteiger partial charge is 0.478 e. The van der Waals surface area contributed by atoms with Gasteiger partial charge in [-0.05, 0) is 43.3 Å². The van der Waals surface area contributed by atoms with Crippen molar-refractivity contribution in [2.45, 2.75) is 24.1 Å². The molecule has 1 atom stereocenters. The number of carboxylic acid groups (broad SMARTS) is 1. The molecule has 2 N–H and O–H groups in total. The maximum absolute atomic E-state index is 13.7. The van der Waals surface area contributed by atoms with Crippen molar-refractivity contribution in [2.24, 2.45) is 0 Å². The Hall–Kier alpha value is -3.12. The molecule has 188 valence electrons. The average molecular weight is 559 g/mol. The summed E-state index contributed by atoms with van der Waals surface area (Å²) in [6.45, 7) is 1.26. The molecule has 0 bridgehead atoms. The predicted octanol–water partition coefficient (Wildman–Crippen LogP) is 5.69. The molecule has 0 aliphatic rings. The number of hydrogen-bond acceptors (Lipinski definition) is 5. The monoisotopic (exact) mass is 558 g/mol. The lowest BCUT2D eigenvalue weighted by atomic mass is 10.0. The van der Waals surface area contributed by atoms with E-state index in [1.807, 2.05) is 0 Å². The number of aromatic carboxylic acids is 1. The highest BCUT2D eigenvalue weighted by Gasteiger charge is 2.36. The van der Waals surface area contributed by atoms with Crippen LogP contribution in [0.1, 0.15) is 39.1 Å². The van der Waals surface area contributed by atoms with Crippen molar-refractivity contribution in [1.82, 2.24) is 8.96 Å². The molecular weight excluding hydrogens is 544 g/mol. The second kappa shape index (κ2) is 9.07. The number of rotatable bonds is 5. The van der Waals surface area contributed by atoms with Gasteiger partial charge in [-0.2, -0.15) is 13.2 Å². The van der Waals surface area contributed by atoms with E-state index in [-0.39, 0.29) is 26.6 Å². The zero-order valence-corrected chi connectivity index (χ0v) is 20.4. The molecule has 2 heterocycles. The Morgan fingerprint density at radius 2 is 1.72 bits per heavy atom. The fourth-order valence-corrected chi connectivity index (χ4v) is 6.00. The summed E-state index contributed by atoms with van der Waals surface area (Å²) in [5.41, 5.74) is -3.03. The molecule has 0 saturated heterocycles. The first-order valence-corrected chi connectivity index (χ1v) is 12.2. The molecule has 36 heavy (non-hydrogen) atoms. The van der Waals surface area contributed by atoms with Crippen LogP contribution in [0.3, 0.4) is 0 Å². The molecule has 2 aromatic carbocycles. The maximum atomic E-state index is 13.7.